The van der Waals surface area contributed by atoms with Crippen LogP contribution < -0.4 is 10.6 Å². The van der Waals surface area contributed by atoms with E-state index in [2.05, 4.69) is 39.6 Å². The summed E-state index contributed by atoms with van der Waals surface area (Å²) in [5.74, 6) is 1.86. The summed E-state index contributed by atoms with van der Waals surface area (Å²) in [6, 6.07) is 0.403. The molecule has 0 radical (unpaired) electrons. The average Bonchev–Trinajstić information content (AvgIpc) is 3.36. The number of nitrogens with zero attached hydrogens (tertiary/aromatic N) is 3. The van der Waals surface area contributed by atoms with Gasteiger partial charge in [0.15, 0.2) is 11.8 Å². The van der Waals surface area contributed by atoms with E-state index in [0.29, 0.717) is 37.0 Å². The summed E-state index contributed by atoms with van der Waals surface area (Å²) in [5, 5.41) is 11.0. The highest BCUT2D eigenvalue weighted by molar-refractivity contribution is 5.80. The van der Waals surface area contributed by atoms with Crippen LogP contribution in [0.1, 0.15) is 77.6 Å². The lowest BCUT2D eigenvalue weighted by molar-refractivity contribution is -0.125. The van der Waals surface area contributed by atoms with Gasteiger partial charge in [-0.15, -0.1) is 0 Å². The third-order valence-corrected chi connectivity index (χ3v) is 5.98. The SMILES string of the molecule is CCNC(=NCc1nc(C(C)OCC)no1)NC1CC(OCC)C12CCCC2. The summed E-state index contributed by atoms with van der Waals surface area (Å²) in [6.45, 7) is 10.6. The predicted molar refractivity (Wildman–Crippen MR) is 107 cm³/mol. The topological polar surface area (TPSA) is 93.8 Å². The Balaban J connectivity index is 1.62. The van der Waals surface area contributed by atoms with Gasteiger partial charge < -0.3 is 24.6 Å². The number of aromatic nitrogens is 2. The summed E-state index contributed by atoms with van der Waals surface area (Å²) < 4.78 is 16.8. The first-order valence-electron chi connectivity index (χ1n) is 10.7. The van der Waals surface area contributed by atoms with E-state index < -0.39 is 0 Å². The molecule has 1 aromatic heterocycles. The molecular weight excluding hydrogens is 358 g/mol. The maximum absolute atomic E-state index is 6.02. The Kier molecular flexibility index (Phi) is 7.29. The van der Waals surface area contributed by atoms with Crippen molar-refractivity contribution >= 4 is 5.96 Å². The Morgan fingerprint density at radius 3 is 2.75 bits per heavy atom. The third-order valence-electron chi connectivity index (χ3n) is 5.98. The van der Waals surface area contributed by atoms with Gasteiger partial charge in [-0.3, -0.25) is 0 Å². The van der Waals surface area contributed by atoms with Crippen molar-refractivity contribution in [1.29, 1.82) is 0 Å². The normalized spacial score (nSPS) is 24.9. The van der Waals surface area contributed by atoms with Crippen molar-refractivity contribution in [3.8, 4) is 0 Å². The number of ether oxygens (including phenoxy) is 2. The lowest BCUT2D eigenvalue weighted by Crippen LogP contribution is -2.65. The van der Waals surface area contributed by atoms with Crippen LogP contribution in [0.2, 0.25) is 0 Å². The van der Waals surface area contributed by atoms with Crippen LogP contribution in [-0.4, -0.2) is 48.0 Å². The minimum absolute atomic E-state index is 0.175. The van der Waals surface area contributed by atoms with Crippen LogP contribution in [0.5, 0.6) is 0 Å². The Morgan fingerprint density at radius 2 is 2.07 bits per heavy atom. The van der Waals surface area contributed by atoms with Gasteiger partial charge in [0.1, 0.15) is 12.6 Å². The molecule has 158 valence electrons. The van der Waals surface area contributed by atoms with Crippen molar-refractivity contribution < 1.29 is 14.0 Å². The molecular formula is C20H35N5O3. The zero-order valence-electron chi connectivity index (χ0n) is 17.7. The van der Waals surface area contributed by atoms with Gasteiger partial charge in [0.2, 0.25) is 5.89 Å². The zero-order valence-corrected chi connectivity index (χ0v) is 17.7. The van der Waals surface area contributed by atoms with Gasteiger partial charge in [-0.25, -0.2) is 4.99 Å². The molecule has 1 heterocycles. The van der Waals surface area contributed by atoms with Crippen LogP contribution in [0, 0.1) is 5.41 Å². The summed E-state index contributed by atoms with van der Waals surface area (Å²) >= 11 is 0. The molecule has 8 heteroatoms. The molecule has 3 unspecified atom stereocenters. The average molecular weight is 394 g/mol. The summed E-state index contributed by atoms with van der Waals surface area (Å²) in [4.78, 5) is 9.06. The predicted octanol–water partition coefficient (Wildman–Crippen LogP) is 2.96. The van der Waals surface area contributed by atoms with Crippen LogP contribution in [0.3, 0.4) is 0 Å². The summed E-state index contributed by atoms with van der Waals surface area (Å²) in [7, 11) is 0. The van der Waals surface area contributed by atoms with Gasteiger partial charge in [-0.2, -0.15) is 4.98 Å². The maximum atomic E-state index is 6.02. The minimum Gasteiger partial charge on any atom is -0.378 e. The van der Waals surface area contributed by atoms with E-state index in [1.807, 2.05) is 13.8 Å². The summed E-state index contributed by atoms with van der Waals surface area (Å²) in [5.41, 5.74) is 0.261. The smallest absolute Gasteiger partial charge is 0.248 e. The standard InChI is InChI=1S/C20H35N5O3/c1-5-21-19(22-13-17-24-18(25-28-17)14(4)26-6-2)23-15-12-16(27-7-3)20(15)10-8-9-11-20/h14-16H,5-13H2,1-4H3,(H2,21,22,23). The molecule has 2 aliphatic carbocycles. The van der Waals surface area contributed by atoms with E-state index >= 15 is 0 Å². The summed E-state index contributed by atoms with van der Waals surface area (Å²) in [6.07, 6.45) is 6.28. The van der Waals surface area contributed by atoms with Gasteiger partial charge >= 0.3 is 0 Å². The van der Waals surface area contributed by atoms with Crippen molar-refractivity contribution in [3.63, 3.8) is 0 Å². The second kappa shape index (κ2) is 9.69. The molecule has 0 aliphatic heterocycles. The van der Waals surface area contributed by atoms with Gasteiger partial charge in [0.25, 0.3) is 0 Å². The number of nitrogens with one attached hydrogen (secondary N) is 2. The fourth-order valence-corrected chi connectivity index (χ4v) is 4.54. The van der Waals surface area contributed by atoms with E-state index in [1.165, 1.54) is 25.7 Å². The van der Waals surface area contributed by atoms with Crippen LogP contribution >= 0.6 is 0 Å². The molecule has 0 aromatic carbocycles. The van der Waals surface area contributed by atoms with Gasteiger partial charge in [0, 0.05) is 31.2 Å². The van der Waals surface area contributed by atoms with E-state index in [-0.39, 0.29) is 11.5 Å². The zero-order chi connectivity index (χ0) is 20.0. The first-order chi connectivity index (χ1) is 13.6. The number of hydrogen-bond donors (Lipinski definition) is 2. The highest BCUT2D eigenvalue weighted by Gasteiger charge is 2.56. The molecule has 0 amide bonds. The monoisotopic (exact) mass is 393 g/mol. The lowest BCUT2D eigenvalue weighted by Gasteiger charge is -2.54. The molecule has 2 N–H and O–H groups in total. The fraction of sp³-hybridized carbons (Fsp3) is 0.850. The quantitative estimate of drug-likeness (QED) is 0.492. The van der Waals surface area contributed by atoms with Crippen LogP contribution in [-0.2, 0) is 16.0 Å². The second-order valence-electron chi connectivity index (χ2n) is 7.66. The molecule has 0 bridgehead atoms. The van der Waals surface area contributed by atoms with Crippen molar-refractivity contribution in [2.75, 3.05) is 19.8 Å². The molecule has 1 spiro atoms. The fourth-order valence-electron chi connectivity index (χ4n) is 4.54. The second-order valence-corrected chi connectivity index (χ2v) is 7.66. The minimum atomic E-state index is -0.175. The largest absolute Gasteiger partial charge is 0.378 e. The lowest BCUT2D eigenvalue weighted by atomic mass is 9.60. The highest BCUT2D eigenvalue weighted by Crippen LogP contribution is 2.54. The Hall–Kier alpha value is -1.67. The maximum Gasteiger partial charge on any atom is 0.248 e. The molecule has 1 aromatic rings. The van der Waals surface area contributed by atoms with Gasteiger partial charge in [-0.05, 0) is 47.0 Å². The molecule has 2 aliphatic rings. The molecule has 3 atom stereocenters. The molecule has 28 heavy (non-hydrogen) atoms. The number of guanidine groups is 1. The van der Waals surface area contributed by atoms with Gasteiger partial charge in [0.05, 0.1) is 6.10 Å². The Labute approximate surface area is 167 Å². The number of hydrogen-bond acceptors (Lipinski definition) is 6. The van der Waals surface area contributed by atoms with Crippen LogP contribution in [0.4, 0.5) is 0 Å². The molecule has 0 saturated heterocycles. The third kappa shape index (κ3) is 4.49. The number of rotatable bonds is 9. The van der Waals surface area contributed by atoms with E-state index in [4.69, 9.17) is 14.0 Å². The number of aliphatic imine (C=N–C) groups is 1. The van der Waals surface area contributed by atoms with E-state index in [1.54, 1.807) is 0 Å². The van der Waals surface area contributed by atoms with Crippen molar-refractivity contribution in [3.05, 3.63) is 11.7 Å². The first kappa shape index (κ1) is 21.0. The molecule has 8 nitrogen and oxygen atoms in total. The van der Waals surface area contributed by atoms with E-state index in [9.17, 15) is 0 Å². The molecule has 2 fully saturated rings. The Bertz CT molecular complexity index is 642. The van der Waals surface area contributed by atoms with Crippen molar-refractivity contribution in [2.24, 2.45) is 10.4 Å². The Morgan fingerprint density at radius 1 is 1.29 bits per heavy atom. The molecule has 2 saturated carbocycles. The van der Waals surface area contributed by atoms with Crippen molar-refractivity contribution in [1.82, 2.24) is 20.8 Å². The van der Waals surface area contributed by atoms with Gasteiger partial charge in [-0.1, -0.05) is 18.0 Å². The van der Waals surface area contributed by atoms with Crippen LogP contribution in [0.25, 0.3) is 0 Å². The van der Waals surface area contributed by atoms with Crippen LogP contribution in [0.15, 0.2) is 9.52 Å². The van der Waals surface area contributed by atoms with E-state index in [0.717, 1.165) is 25.5 Å². The first-order valence-corrected chi connectivity index (χ1v) is 10.7. The molecule has 3 rings (SSSR count). The van der Waals surface area contributed by atoms with Crippen molar-refractivity contribution in [2.45, 2.75) is 84.6 Å². The highest BCUT2D eigenvalue weighted by atomic mass is 16.5.